The lowest BCUT2D eigenvalue weighted by Gasteiger charge is -2.16. The van der Waals surface area contributed by atoms with Gasteiger partial charge in [0.05, 0.1) is 18.2 Å². The molecule has 7 heteroatoms. The lowest BCUT2D eigenvalue weighted by molar-refractivity contribution is -0.141. The molecule has 4 rings (SSSR count). The number of ether oxygens (including phenoxy) is 3. The minimum absolute atomic E-state index is 0.125. The van der Waals surface area contributed by atoms with Gasteiger partial charge in [-0.3, -0.25) is 0 Å². The highest BCUT2D eigenvalue weighted by atomic mass is 16.6. The molecular weight excluding hydrogens is 348 g/mol. The zero-order chi connectivity index (χ0) is 18.6. The Hall–Kier alpha value is -3.61. The summed E-state index contributed by atoms with van der Waals surface area (Å²) >= 11 is 0. The smallest absolute Gasteiger partial charge is 0.338 e. The second-order valence-electron chi connectivity index (χ2n) is 5.78. The Labute approximate surface area is 155 Å². The number of fused-ring (bicyclic) bond motifs is 1. The van der Waals surface area contributed by atoms with Gasteiger partial charge in [0.1, 0.15) is 18.1 Å². The molecule has 1 aliphatic heterocycles. The number of aromatic nitrogens is 2. The molecule has 3 aromatic rings. The Morgan fingerprint density at radius 3 is 2.85 bits per heavy atom. The van der Waals surface area contributed by atoms with Crippen molar-refractivity contribution in [2.24, 2.45) is 0 Å². The minimum Gasteiger partial charge on any atom is -0.496 e. The van der Waals surface area contributed by atoms with Crippen LogP contribution >= 0.6 is 0 Å². The van der Waals surface area contributed by atoms with Crippen LogP contribution < -0.4 is 9.47 Å². The number of nitrogens with zero attached hydrogens (tertiary/aromatic N) is 2. The zero-order valence-electron chi connectivity index (χ0n) is 14.5. The summed E-state index contributed by atoms with van der Waals surface area (Å²) in [6, 6.07) is 14.8. The van der Waals surface area contributed by atoms with Gasteiger partial charge in [0.25, 0.3) is 5.89 Å². The average Bonchev–Trinajstić information content (AvgIpc) is 3.20. The van der Waals surface area contributed by atoms with Crippen LogP contribution in [0, 0.1) is 0 Å². The lowest BCUT2D eigenvalue weighted by Crippen LogP contribution is -2.17. The van der Waals surface area contributed by atoms with Crippen LogP contribution in [0.15, 0.2) is 58.6 Å². The van der Waals surface area contributed by atoms with Crippen molar-refractivity contribution in [3.63, 3.8) is 0 Å². The third kappa shape index (κ3) is 3.52. The second kappa shape index (κ2) is 7.33. The molecule has 0 unspecified atom stereocenters. The molecule has 0 radical (unpaired) electrons. The maximum atomic E-state index is 12.3. The predicted molar refractivity (Wildman–Crippen MR) is 96.0 cm³/mol. The fourth-order valence-electron chi connectivity index (χ4n) is 2.71. The Morgan fingerprint density at radius 2 is 1.96 bits per heavy atom. The van der Waals surface area contributed by atoms with Crippen LogP contribution in [-0.4, -0.2) is 29.8 Å². The summed E-state index contributed by atoms with van der Waals surface area (Å²) in [5.41, 5.74) is 1.96. The molecule has 0 spiro atoms. The van der Waals surface area contributed by atoms with E-state index in [1.165, 1.54) is 0 Å². The van der Waals surface area contributed by atoms with E-state index in [0.717, 1.165) is 11.3 Å². The normalized spacial score (nSPS) is 12.6. The molecule has 0 aliphatic carbocycles. The summed E-state index contributed by atoms with van der Waals surface area (Å²) in [5, 5.41) is 3.92. The quantitative estimate of drug-likeness (QED) is 0.643. The summed E-state index contributed by atoms with van der Waals surface area (Å²) in [4.78, 5) is 16.5. The van der Waals surface area contributed by atoms with Crippen LogP contribution in [-0.2, 0) is 16.1 Å². The first-order valence-corrected chi connectivity index (χ1v) is 8.30. The monoisotopic (exact) mass is 364 g/mol. The summed E-state index contributed by atoms with van der Waals surface area (Å²) in [6.07, 6.45) is 1.76. The maximum absolute atomic E-state index is 12.3. The topological polar surface area (TPSA) is 83.7 Å². The Morgan fingerprint density at radius 1 is 1.15 bits per heavy atom. The van der Waals surface area contributed by atoms with Gasteiger partial charge >= 0.3 is 5.97 Å². The van der Waals surface area contributed by atoms with Crippen LogP contribution in [0.3, 0.4) is 0 Å². The minimum atomic E-state index is -0.485. The van der Waals surface area contributed by atoms with Crippen molar-refractivity contribution in [3.8, 4) is 22.9 Å². The molecule has 0 saturated carbocycles. The first kappa shape index (κ1) is 16.8. The van der Waals surface area contributed by atoms with Gasteiger partial charge in [0.2, 0.25) is 5.82 Å². The molecule has 0 atom stereocenters. The molecule has 2 heterocycles. The summed E-state index contributed by atoms with van der Waals surface area (Å²) in [5.74, 6) is 1.45. The van der Waals surface area contributed by atoms with E-state index in [0.29, 0.717) is 22.7 Å². The first-order chi connectivity index (χ1) is 13.2. The van der Waals surface area contributed by atoms with Crippen LogP contribution in [0.2, 0.25) is 0 Å². The van der Waals surface area contributed by atoms with E-state index in [4.69, 9.17) is 18.7 Å². The molecule has 2 aromatic carbocycles. The molecule has 0 bridgehead atoms. The van der Waals surface area contributed by atoms with Crippen LogP contribution in [0.5, 0.6) is 11.5 Å². The number of rotatable bonds is 5. The van der Waals surface area contributed by atoms with Gasteiger partial charge < -0.3 is 18.7 Å². The predicted octanol–water partition coefficient (Wildman–Crippen LogP) is 3.26. The third-order valence-electron chi connectivity index (χ3n) is 4.04. The van der Waals surface area contributed by atoms with Gasteiger partial charge in [0.15, 0.2) is 6.61 Å². The number of para-hydroxylation sites is 2. The van der Waals surface area contributed by atoms with E-state index in [-0.39, 0.29) is 19.1 Å². The Balaban J connectivity index is 1.43. The van der Waals surface area contributed by atoms with Crippen LogP contribution in [0.4, 0.5) is 0 Å². The number of benzene rings is 2. The lowest BCUT2D eigenvalue weighted by atomic mass is 10.1. The molecule has 0 N–H and O–H groups in total. The van der Waals surface area contributed by atoms with Gasteiger partial charge in [-0.05, 0) is 24.3 Å². The molecule has 7 nitrogen and oxygen atoms in total. The molecule has 1 aromatic heterocycles. The standard InChI is InChI=1S/C20H16N2O5/c1-24-17-9-5-3-7-15(17)19-21-18(27-22-19)12-26-20(23)14-10-13-6-2-4-8-16(13)25-11-14/h2-10H,11-12H2,1H3. The molecule has 0 amide bonds. The fourth-order valence-corrected chi connectivity index (χ4v) is 2.71. The Kier molecular flexibility index (Phi) is 4.57. The van der Waals surface area contributed by atoms with Gasteiger partial charge in [-0.1, -0.05) is 35.5 Å². The number of hydrogen-bond acceptors (Lipinski definition) is 7. The number of hydrogen-bond donors (Lipinski definition) is 0. The molecule has 0 saturated heterocycles. The van der Waals surface area contributed by atoms with Gasteiger partial charge in [-0.2, -0.15) is 4.98 Å². The average molecular weight is 364 g/mol. The van der Waals surface area contributed by atoms with Crippen molar-refractivity contribution in [2.45, 2.75) is 6.61 Å². The van der Waals surface area contributed by atoms with Gasteiger partial charge in [0, 0.05) is 5.56 Å². The number of esters is 1. The van der Waals surface area contributed by atoms with Gasteiger partial charge in [-0.15, -0.1) is 0 Å². The molecule has 27 heavy (non-hydrogen) atoms. The number of carbonyl (C=O) groups excluding carboxylic acids is 1. The van der Waals surface area contributed by atoms with Gasteiger partial charge in [-0.25, -0.2) is 4.79 Å². The summed E-state index contributed by atoms with van der Waals surface area (Å²) < 4.78 is 21.3. The molecule has 0 fully saturated rings. The maximum Gasteiger partial charge on any atom is 0.338 e. The SMILES string of the molecule is COc1ccccc1-c1noc(COC(=O)C2=Cc3ccccc3OC2)n1. The summed E-state index contributed by atoms with van der Waals surface area (Å²) in [7, 11) is 1.57. The highest BCUT2D eigenvalue weighted by molar-refractivity contribution is 5.95. The van der Waals surface area contributed by atoms with Crippen LogP contribution in [0.1, 0.15) is 11.5 Å². The molecular formula is C20H16N2O5. The van der Waals surface area contributed by atoms with E-state index >= 15 is 0 Å². The number of methoxy groups -OCH3 is 1. The van der Waals surface area contributed by atoms with Crippen LogP contribution in [0.25, 0.3) is 17.5 Å². The Bertz CT molecular complexity index is 1010. The number of carbonyl (C=O) groups is 1. The summed E-state index contributed by atoms with van der Waals surface area (Å²) in [6.45, 7) is 0.0338. The van der Waals surface area contributed by atoms with Crippen molar-refractivity contribution in [2.75, 3.05) is 13.7 Å². The van der Waals surface area contributed by atoms with E-state index < -0.39 is 5.97 Å². The first-order valence-electron chi connectivity index (χ1n) is 8.30. The third-order valence-corrected chi connectivity index (χ3v) is 4.04. The van der Waals surface area contributed by atoms with Crippen molar-refractivity contribution >= 4 is 12.0 Å². The highest BCUT2D eigenvalue weighted by Crippen LogP contribution is 2.28. The van der Waals surface area contributed by atoms with E-state index in [1.54, 1.807) is 19.3 Å². The van der Waals surface area contributed by atoms with E-state index in [9.17, 15) is 4.79 Å². The van der Waals surface area contributed by atoms with Crippen molar-refractivity contribution in [1.29, 1.82) is 0 Å². The zero-order valence-corrected chi connectivity index (χ0v) is 14.5. The van der Waals surface area contributed by atoms with Crippen molar-refractivity contribution < 1.29 is 23.5 Å². The fraction of sp³-hybridized carbons (Fsp3) is 0.150. The molecule has 136 valence electrons. The highest BCUT2D eigenvalue weighted by Gasteiger charge is 2.20. The van der Waals surface area contributed by atoms with Crippen molar-refractivity contribution in [1.82, 2.24) is 10.1 Å². The second-order valence-corrected chi connectivity index (χ2v) is 5.78. The molecule has 1 aliphatic rings. The van der Waals surface area contributed by atoms with E-state index in [2.05, 4.69) is 10.1 Å². The van der Waals surface area contributed by atoms with Crippen molar-refractivity contribution in [3.05, 3.63) is 65.6 Å². The largest absolute Gasteiger partial charge is 0.496 e. The van der Waals surface area contributed by atoms with E-state index in [1.807, 2.05) is 42.5 Å².